The van der Waals surface area contributed by atoms with Crippen LogP contribution >= 0.6 is 0 Å². The van der Waals surface area contributed by atoms with E-state index < -0.39 is 6.36 Å². The maximum atomic E-state index is 12.5. The van der Waals surface area contributed by atoms with Gasteiger partial charge in [-0.05, 0) is 30.2 Å². The first-order valence-electron chi connectivity index (χ1n) is 8.55. The van der Waals surface area contributed by atoms with E-state index in [1.165, 1.54) is 18.2 Å². The maximum Gasteiger partial charge on any atom is 0.573 e. The normalized spacial score (nSPS) is 11.2. The Balaban J connectivity index is 1.87. The number of anilines is 2. The Morgan fingerprint density at radius 3 is 2.50 bits per heavy atom. The highest BCUT2D eigenvalue weighted by Gasteiger charge is 2.31. The van der Waals surface area contributed by atoms with Crippen LogP contribution in [0, 0.1) is 6.92 Å². The summed E-state index contributed by atoms with van der Waals surface area (Å²) in [4.78, 5) is 8.69. The SMILES string of the molecule is CNc1nc(NCc2ccccc2C)cc(-c2cccc(OC(F)(F)F)c2)n1. The number of halogens is 3. The lowest BCUT2D eigenvalue weighted by atomic mass is 10.1. The summed E-state index contributed by atoms with van der Waals surface area (Å²) in [6.07, 6.45) is -4.75. The standard InChI is InChI=1S/C20H19F3N4O/c1-13-6-3-4-7-15(13)12-25-18-11-17(26-19(24-2)27-18)14-8-5-9-16(10-14)28-20(21,22)23/h3-11H,12H2,1-2H3,(H2,24,25,26,27). The minimum absolute atomic E-state index is 0.302. The third kappa shape index (κ3) is 5.12. The van der Waals surface area contributed by atoms with Gasteiger partial charge in [0.15, 0.2) is 0 Å². The summed E-state index contributed by atoms with van der Waals surface area (Å²) in [6.45, 7) is 2.58. The Morgan fingerprint density at radius 2 is 1.79 bits per heavy atom. The van der Waals surface area contributed by atoms with E-state index in [0.717, 1.165) is 11.1 Å². The summed E-state index contributed by atoms with van der Waals surface area (Å²) in [5.41, 5.74) is 3.23. The molecule has 0 atom stereocenters. The van der Waals surface area contributed by atoms with E-state index in [4.69, 9.17) is 0 Å². The lowest BCUT2D eigenvalue weighted by Crippen LogP contribution is -2.17. The third-order valence-corrected chi connectivity index (χ3v) is 4.03. The molecule has 0 radical (unpaired) electrons. The van der Waals surface area contributed by atoms with E-state index in [-0.39, 0.29) is 5.75 Å². The molecule has 1 aromatic heterocycles. The quantitative estimate of drug-likeness (QED) is 0.622. The van der Waals surface area contributed by atoms with Crippen molar-refractivity contribution >= 4 is 11.8 Å². The van der Waals surface area contributed by atoms with Gasteiger partial charge in [-0.15, -0.1) is 13.2 Å². The van der Waals surface area contributed by atoms with Crippen molar-refractivity contribution in [2.24, 2.45) is 0 Å². The van der Waals surface area contributed by atoms with Gasteiger partial charge in [-0.3, -0.25) is 0 Å². The second kappa shape index (κ2) is 8.16. The molecule has 0 aliphatic carbocycles. The van der Waals surface area contributed by atoms with Gasteiger partial charge in [0.1, 0.15) is 11.6 Å². The summed E-state index contributed by atoms with van der Waals surface area (Å²) in [5.74, 6) is 0.607. The lowest BCUT2D eigenvalue weighted by molar-refractivity contribution is -0.274. The van der Waals surface area contributed by atoms with Crippen molar-refractivity contribution in [1.82, 2.24) is 9.97 Å². The predicted molar refractivity (Wildman–Crippen MR) is 102 cm³/mol. The molecule has 3 rings (SSSR count). The number of aryl methyl sites for hydroxylation is 1. The average molecular weight is 388 g/mol. The first-order valence-corrected chi connectivity index (χ1v) is 8.55. The molecule has 2 N–H and O–H groups in total. The zero-order valence-electron chi connectivity index (χ0n) is 15.3. The molecule has 0 fully saturated rings. The smallest absolute Gasteiger partial charge is 0.406 e. The lowest BCUT2D eigenvalue weighted by Gasteiger charge is -2.12. The molecule has 28 heavy (non-hydrogen) atoms. The molecule has 0 aliphatic rings. The molecule has 8 heteroatoms. The Hall–Kier alpha value is -3.29. The highest BCUT2D eigenvalue weighted by atomic mass is 19.4. The van der Waals surface area contributed by atoms with Gasteiger partial charge in [-0.2, -0.15) is 4.98 Å². The number of alkyl halides is 3. The van der Waals surface area contributed by atoms with Crippen LogP contribution in [-0.2, 0) is 6.54 Å². The van der Waals surface area contributed by atoms with Gasteiger partial charge < -0.3 is 15.4 Å². The van der Waals surface area contributed by atoms with Gasteiger partial charge in [0.25, 0.3) is 0 Å². The second-order valence-electron chi connectivity index (χ2n) is 6.07. The molecule has 5 nitrogen and oxygen atoms in total. The highest BCUT2D eigenvalue weighted by Crippen LogP contribution is 2.28. The monoisotopic (exact) mass is 388 g/mol. The molecule has 146 valence electrons. The van der Waals surface area contributed by atoms with E-state index >= 15 is 0 Å². The molecule has 3 aromatic rings. The van der Waals surface area contributed by atoms with E-state index in [9.17, 15) is 13.2 Å². The summed E-state index contributed by atoms with van der Waals surface area (Å²) in [6, 6.07) is 15.3. The first kappa shape index (κ1) is 19.5. The molecule has 0 saturated carbocycles. The Labute approximate surface area is 160 Å². The molecule has 0 saturated heterocycles. The van der Waals surface area contributed by atoms with Crippen molar-refractivity contribution in [2.75, 3.05) is 17.7 Å². The van der Waals surface area contributed by atoms with Crippen LogP contribution in [0.1, 0.15) is 11.1 Å². The number of hydrogen-bond donors (Lipinski definition) is 2. The minimum Gasteiger partial charge on any atom is -0.406 e. The van der Waals surface area contributed by atoms with Gasteiger partial charge in [0, 0.05) is 25.2 Å². The van der Waals surface area contributed by atoms with Crippen molar-refractivity contribution in [3.63, 3.8) is 0 Å². The minimum atomic E-state index is -4.75. The fourth-order valence-corrected chi connectivity index (χ4v) is 2.64. The van der Waals surface area contributed by atoms with Crippen LogP contribution in [0.25, 0.3) is 11.3 Å². The van der Waals surface area contributed by atoms with Crippen LogP contribution in [0.15, 0.2) is 54.6 Å². The van der Waals surface area contributed by atoms with Crippen LogP contribution in [0.5, 0.6) is 5.75 Å². The molecule has 0 spiro atoms. The van der Waals surface area contributed by atoms with Crippen LogP contribution < -0.4 is 15.4 Å². The van der Waals surface area contributed by atoms with E-state index in [1.807, 2.05) is 31.2 Å². The predicted octanol–water partition coefficient (Wildman–Crippen LogP) is 5.00. The van der Waals surface area contributed by atoms with E-state index in [2.05, 4.69) is 25.3 Å². The molecule has 0 aliphatic heterocycles. The second-order valence-corrected chi connectivity index (χ2v) is 6.07. The van der Waals surface area contributed by atoms with Crippen LogP contribution in [0.2, 0.25) is 0 Å². The van der Waals surface area contributed by atoms with Crippen molar-refractivity contribution in [2.45, 2.75) is 19.8 Å². The maximum absolute atomic E-state index is 12.5. The fourth-order valence-electron chi connectivity index (χ4n) is 2.64. The molecular weight excluding hydrogens is 369 g/mol. The molecule has 2 aromatic carbocycles. The molecule has 0 unspecified atom stereocenters. The van der Waals surface area contributed by atoms with Crippen molar-refractivity contribution in [1.29, 1.82) is 0 Å². The van der Waals surface area contributed by atoms with Crippen LogP contribution in [-0.4, -0.2) is 23.4 Å². The zero-order valence-corrected chi connectivity index (χ0v) is 15.3. The average Bonchev–Trinajstić information content (AvgIpc) is 2.66. The number of benzene rings is 2. The van der Waals surface area contributed by atoms with Crippen molar-refractivity contribution < 1.29 is 17.9 Å². The zero-order chi connectivity index (χ0) is 20.1. The van der Waals surface area contributed by atoms with Gasteiger partial charge in [-0.1, -0.05) is 36.4 Å². The van der Waals surface area contributed by atoms with Gasteiger partial charge in [0.2, 0.25) is 5.95 Å². The Morgan fingerprint density at radius 1 is 1.00 bits per heavy atom. The molecule has 0 amide bonds. The van der Waals surface area contributed by atoms with Gasteiger partial charge in [-0.25, -0.2) is 4.98 Å². The van der Waals surface area contributed by atoms with Gasteiger partial charge in [0.05, 0.1) is 5.69 Å². The van der Waals surface area contributed by atoms with Gasteiger partial charge >= 0.3 is 6.36 Å². The fraction of sp³-hybridized carbons (Fsp3) is 0.200. The number of nitrogens with one attached hydrogen (secondary N) is 2. The number of rotatable bonds is 6. The van der Waals surface area contributed by atoms with E-state index in [0.29, 0.717) is 29.6 Å². The van der Waals surface area contributed by atoms with Crippen LogP contribution in [0.3, 0.4) is 0 Å². The summed E-state index contributed by atoms with van der Waals surface area (Å²) < 4.78 is 41.4. The number of ether oxygens (including phenoxy) is 1. The third-order valence-electron chi connectivity index (χ3n) is 4.03. The molecular formula is C20H19F3N4O. The topological polar surface area (TPSA) is 59.1 Å². The Bertz CT molecular complexity index is 960. The Kier molecular flexibility index (Phi) is 5.67. The molecule has 0 bridgehead atoms. The summed E-state index contributed by atoms with van der Waals surface area (Å²) in [7, 11) is 1.67. The van der Waals surface area contributed by atoms with Crippen molar-refractivity contribution in [3.05, 3.63) is 65.7 Å². The molecule has 1 heterocycles. The van der Waals surface area contributed by atoms with Crippen LogP contribution in [0.4, 0.5) is 24.9 Å². The largest absolute Gasteiger partial charge is 0.573 e. The number of nitrogens with zero attached hydrogens (tertiary/aromatic N) is 2. The summed E-state index contributed by atoms with van der Waals surface area (Å²) in [5, 5.41) is 6.10. The first-order chi connectivity index (χ1) is 13.3. The van der Waals surface area contributed by atoms with Crippen molar-refractivity contribution in [3.8, 4) is 17.0 Å². The number of hydrogen-bond acceptors (Lipinski definition) is 5. The summed E-state index contributed by atoms with van der Waals surface area (Å²) >= 11 is 0. The van der Waals surface area contributed by atoms with E-state index in [1.54, 1.807) is 19.2 Å². The number of aromatic nitrogens is 2. The highest BCUT2D eigenvalue weighted by molar-refractivity contribution is 5.66.